The van der Waals surface area contributed by atoms with E-state index in [-0.39, 0.29) is 17.0 Å². The van der Waals surface area contributed by atoms with Crippen LogP contribution in [0.4, 0.5) is 4.39 Å². The zero-order chi connectivity index (χ0) is 12.8. The molecule has 1 aromatic rings. The van der Waals surface area contributed by atoms with Gasteiger partial charge in [0, 0.05) is 12.1 Å². The van der Waals surface area contributed by atoms with Crippen molar-refractivity contribution in [2.75, 3.05) is 0 Å². The Kier molecular flexibility index (Phi) is 2.90. The second-order valence-electron chi connectivity index (χ2n) is 5.10. The van der Waals surface area contributed by atoms with E-state index in [2.05, 4.69) is 0 Å². The fourth-order valence-corrected chi connectivity index (χ4v) is 5.12. The summed E-state index contributed by atoms with van der Waals surface area (Å²) in [5, 5.41) is 0. The summed E-state index contributed by atoms with van der Waals surface area (Å²) < 4.78 is 39.7. The zero-order valence-corrected chi connectivity index (χ0v) is 10.9. The van der Waals surface area contributed by atoms with Crippen molar-refractivity contribution in [2.45, 2.75) is 49.1 Å². The van der Waals surface area contributed by atoms with Gasteiger partial charge in [-0.1, -0.05) is 6.42 Å². The van der Waals surface area contributed by atoms with Crippen molar-refractivity contribution < 1.29 is 12.8 Å². The molecular weight excluding hydrogens is 253 g/mol. The van der Waals surface area contributed by atoms with E-state index < -0.39 is 15.8 Å². The molecular formula is C13H16FNO2S. The van der Waals surface area contributed by atoms with Crippen LogP contribution in [0.3, 0.4) is 0 Å². The molecule has 2 atom stereocenters. The average molecular weight is 269 g/mol. The summed E-state index contributed by atoms with van der Waals surface area (Å²) in [4.78, 5) is 0.211. The van der Waals surface area contributed by atoms with Gasteiger partial charge in [-0.15, -0.1) is 0 Å². The molecule has 2 saturated heterocycles. The fourth-order valence-electron chi connectivity index (χ4n) is 3.19. The van der Waals surface area contributed by atoms with E-state index in [1.807, 2.05) is 0 Å². The van der Waals surface area contributed by atoms with Gasteiger partial charge in [-0.25, -0.2) is 12.8 Å². The maximum Gasteiger partial charge on any atom is 0.243 e. The second-order valence-corrected chi connectivity index (χ2v) is 6.95. The van der Waals surface area contributed by atoms with Crippen LogP contribution in [0.15, 0.2) is 29.2 Å². The number of rotatable bonds is 2. The highest BCUT2D eigenvalue weighted by Gasteiger charge is 2.44. The van der Waals surface area contributed by atoms with Crippen LogP contribution < -0.4 is 0 Å². The summed E-state index contributed by atoms with van der Waals surface area (Å²) in [5.74, 6) is -0.407. The van der Waals surface area contributed by atoms with Crippen LogP contribution in [-0.4, -0.2) is 24.8 Å². The number of sulfonamides is 1. The van der Waals surface area contributed by atoms with Gasteiger partial charge in [0.15, 0.2) is 0 Å². The van der Waals surface area contributed by atoms with Gasteiger partial charge >= 0.3 is 0 Å². The van der Waals surface area contributed by atoms with Gasteiger partial charge in [0.25, 0.3) is 0 Å². The van der Waals surface area contributed by atoms with E-state index in [0.717, 1.165) is 32.1 Å². The Balaban J connectivity index is 1.97. The van der Waals surface area contributed by atoms with Crippen LogP contribution >= 0.6 is 0 Å². The van der Waals surface area contributed by atoms with E-state index in [0.29, 0.717) is 0 Å². The molecule has 18 heavy (non-hydrogen) atoms. The second kappa shape index (κ2) is 4.31. The lowest BCUT2D eigenvalue weighted by Crippen LogP contribution is -2.43. The summed E-state index contributed by atoms with van der Waals surface area (Å²) in [6.45, 7) is 0. The standard InChI is InChI=1S/C13H16FNO2S/c14-10-4-8-13(9-5-10)18(16,17)15-11-2-1-3-12(15)7-6-11/h4-5,8-9,11-12H,1-3,6-7H2. The molecule has 2 aliphatic heterocycles. The lowest BCUT2D eigenvalue weighted by atomic mass is 10.1. The first-order valence-electron chi connectivity index (χ1n) is 6.38. The number of hydrogen-bond donors (Lipinski definition) is 0. The third-order valence-electron chi connectivity index (χ3n) is 4.02. The first-order valence-corrected chi connectivity index (χ1v) is 7.82. The molecule has 98 valence electrons. The van der Waals surface area contributed by atoms with Crippen molar-refractivity contribution in [3.63, 3.8) is 0 Å². The number of fused-ring (bicyclic) bond motifs is 2. The zero-order valence-electron chi connectivity index (χ0n) is 10.0. The topological polar surface area (TPSA) is 37.4 Å². The summed E-state index contributed by atoms with van der Waals surface area (Å²) in [5.41, 5.74) is 0. The van der Waals surface area contributed by atoms with Crippen molar-refractivity contribution in [1.29, 1.82) is 0 Å². The van der Waals surface area contributed by atoms with Gasteiger partial charge in [-0.05, 0) is 49.9 Å². The molecule has 0 N–H and O–H groups in total. The van der Waals surface area contributed by atoms with Crippen LogP contribution in [0.25, 0.3) is 0 Å². The van der Waals surface area contributed by atoms with E-state index >= 15 is 0 Å². The van der Waals surface area contributed by atoms with Gasteiger partial charge in [0.05, 0.1) is 4.90 Å². The number of benzene rings is 1. The molecule has 0 radical (unpaired) electrons. The minimum atomic E-state index is -3.45. The average Bonchev–Trinajstić information content (AvgIpc) is 2.62. The molecule has 0 aromatic heterocycles. The van der Waals surface area contributed by atoms with Crippen LogP contribution in [0.5, 0.6) is 0 Å². The van der Waals surface area contributed by atoms with Crippen LogP contribution in [0.1, 0.15) is 32.1 Å². The van der Waals surface area contributed by atoms with Gasteiger partial charge in [-0.2, -0.15) is 4.31 Å². The Labute approximate surface area is 107 Å². The third kappa shape index (κ3) is 1.86. The molecule has 0 saturated carbocycles. The summed E-state index contributed by atoms with van der Waals surface area (Å²) in [7, 11) is -3.45. The van der Waals surface area contributed by atoms with Crippen molar-refractivity contribution in [1.82, 2.24) is 4.31 Å². The monoisotopic (exact) mass is 269 g/mol. The molecule has 2 heterocycles. The molecule has 0 spiro atoms. The number of piperidine rings is 1. The van der Waals surface area contributed by atoms with E-state index in [1.54, 1.807) is 4.31 Å². The Morgan fingerprint density at radius 2 is 1.56 bits per heavy atom. The maximum absolute atomic E-state index is 12.9. The predicted octanol–water partition coefficient (Wildman–Crippen LogP) is 2.53. The fraction of sp³-hybridized carbons (Fsp3) is 0.538. The SMILES string of the molecule is O=S(=O)(c1ccc(F)cc1)N1C2CCCC1CC2. The Bertz CT molecular complexity index is 525. The van der Waals surface area contributed by atoms with Crippen LogP contribution in [0, 0.1) is 5.82 Å². The number of hydrogen-bond acceptors (Lipinski definition) is 2. The predicted molar refractivity (Wildman–Crippen MR) is 66.1 cm³/mol. The maximum atomic E-state index is 12.9. The summed E-state index contributed by atoms with van der Waals surface area (Å²) in [6.07, 6.45) is 4.95. The molecule has 2 aliphatic rings. The van der Waals surface area contributed by atoms with Gasteiger partial charge in [-0.3, -0.25) is 0 Å². The van der Waals surface area contributed by atoms with Crippen molar-refractivity contribution in [2.24, 2.45) is 0 Å². The molecule has 2 bridgehead atoms. The highest BCUT2D eigenvalue weighted by Crippen LogP contribution is 2.39. The number of nitrogens with zero attached hydrogens (tertiary/aromatic N) is 1. The van der Waals surface area contributed by atoms with Crippen molar-refractivity contribution in [3.8, 4) is 0 Å². The molecule has 2 unspecified atom stereocenters. The smallest absolute Gasteiger partial charge is 0.207 e. The normalized spacial score (nSPS) is 28.5. The quantitative estimate of drug-likeness (QED) is 0.827. The molecule has 0 aliphatic carbocycles. The van der Waals surface area contributed by atoms with Gasteiger partial charge in [0.2, 0.25) is 10.0 Å². The molecule has 3 nitrogen and oxygen atoms in total. The number of halogens is 1. The lowest BCUT2D eigenvalue weighted by Gasteiger charge is -2.33. The van der Waals surface area contributed by atoms with E-state index in [9.17, 15) is 12.8 Å². The first-order chi connectivity index (χ1) is 8.59. The summed E-state index contributed by atoms with van der Waals surface area (Å²) >= 11 is 0. The van der Waals surface area contributed by atoms with Crippen molar-refractivity contribution in [3.05, 3.63) is 30.1 Å². The minimum absolute atomic E-state index is 0.152. The van der Waals surface area contributed by atoms with Crippen LogP contribution in [-0.2, 0) is 10.0 Å². The molecule has 5 heteroatoms. The van der Waals surface area contributed by atoms with Crippen molar-refractivity contribution >= 4 is 10.0 Å². The van der Waals surface area contributed by atoms with Gasteiger partial charge < -0.3 is 0 Å². The van der Waals surface area contributed by atoms with E-state index in [1.165, 1.54) is 24.3 Å². The van der Waals surface area contributed by atoms with Gasteiger partial charge in [0.1, 0.15) is 5.82 Å². The lowest BCUT2D eigenvalue weighted by molar-refractivity contribution is 0.248. The van der Waals surface area contributed by atoms with E-state index in [4.69, 9.17) is 0 Å². The Morgan fingerprint density at radius 1 is 1.00 bits per heavy atom. The molecule has 1 aromatic carbocycles. The first kappa shape index (κ1) is 12.1. The Morgan fingerprint density at radius 3 is 2.11 bits per heavy atom. The van der Waals surface area contributed by atoms with Crippen LogP contribution in [0.2, 0.25) is 0 Å². The molecule has 3 rings (SSSR count). The third-order valence-corrected chi connectivity index (χ3v) is 6.04. The summed E-state index contributed by atoms with van der Waals surface area (Å²) in [6, 6.07) is 5.44. The Hall–Kier alpha value is -0.940. The minimum Gasteiger partial charge on any atom is -0.207 e. The largest absolute Gasteiger partial charge is 0.243 e. The highest BCUT2D eigenvalue weighted by molar-refractivity contribution is 7.89. The molecule has 0 amide bonds. The molecule has 2 fully saturated rings. The highest BCUT2D eigenvalue weighted by atomic mass is 32.2.